The molecule has 3 aromatic heterocycles. The Labute approximate surface area is 417 Å². The molecule has 0 radical (unpaired) electrons. The van der Waals surface area contributed by atoms with Crippen molar-refractivity contribution in [2.24, 2.45) is 5.92 Å². The summed E-state index contributed by atoms with van der Waals surface area (Å²) in [7, 11) is 0. The summed E-state index contributed by atoms with van der Waals surface area (Å²) in [5, 5.41) is 14.8. The minimum absolute atomic E-state index is 0.0986. The second-order valence-electron chi connectivity index (χ2n) is 19.4. The van der Waals surface area contributed by atoms with Gasteiger partial charge in [-0.1, -0.05) is 171 Å². The fourth-order valence-electron chi connectivity index (χ4n) is 11.6. The van der Waals surface area contributed by atoms with Crippen LogP contribution in [0.3, 0.4) is 0 Å². The normalized spacial score (nSPS) is 16.3. The van der Waals surface area contributed by atoms with E-state index in [0.29, 0.717) is 0 Å². The third-order valence-corrected chi connectivity index (χ3v) is 15.3. The van der Waals surface area contributed by atoms with E-state index in [4.69, 9.17) is 8.83 Å². The largest absolute Gasteiger partial charge is 0.456 e. The number of hydrogen-bond acceptors (Lipinski definition) is 4. The zero-order valence-electron chi connectivity index (χ0n) is 39.9. The van der Waals surface area contributed by atoms with Gasteiger partial charge < -0.3 is 18.7 Å². The van der Waals surface area contributed by atoms with Crippen molar-refractivity contribution in [1.82, 2.24) is 15.2 Å². The molecule has 10 aromatic carbocycles. The fourth-order valence-corrected chi connectivity index (χ4v) is 11.6. The van der Waals surface area contributed by atoms with E-state index in [-0.39, 0.29) is 18.1 Å². The SMILES string of the molecule is CC1=C(c2ccccc2)NC(c2cccc(-c3cccc4oc5ccc(-c6ccc7oc8cccc(-n9c%10ccccc%10c%10cc(-c%11ccccc%11)ccc%109)c8c7c6)cc5c34)c2)NC(c2ccccc2)C1C. The molecule has 14 rings (SSSR count). The van der Waals surface area contributed by atoms with Crippen LogP contribution in [0.15, 0.2) is 245 Å². The Balaban J connectivity index is 0.872. The fraction of sp³-hybridized carbons (Fsp3) is 0.0746. The minimum atomic E-state index is -0.158. The lowest BCUT2D eigenvalue weighted by Crippen LogP contribution is -2.35. The van der Waals surface area contributed by atoms with E-state index in [9.17, 15) is 0 Å². The molecule has 13 aromatic rings. The van der Waals surface area contributed by atoms with Crippen molar-refractivity contribution in [3.63, 3.8) is 0 Å². The predicted octanol–water partition coefficient (Wildman–Crippen LogP) is 17.6. The first-order valence-corrected chi connectivity index (χ1v) is 25.0. The van der Waals surface area contributed by atoms with Crippen LogP contribution in [0.1, 0.15) is 42.7 Å². The second-order valence-corrected chi connectivity index (χ2v) is 19.4. The molecule has 344 valence electrons. The Morgan fingerprint density at radius 3 is 1.71 bits per heavy atom. The van der Waals surface area contributed by atoms with Gasteiger partial charge in [-0.3, -0.25) is 5.32 Å². The Morgan fingerprint density at radius 2 is 0.958 bits per heavy atom. The van der Waals surface area contributed by atoms with Crippen molar-refractivity contribution in [3.8, 4) is 39.1 Å². The molecule has 5 heteroatoms. The van der Waals surface area contributed by atoms with Crippen molar-refractivity contribution in [3.05, 3.63) is 253 Å². The molecule has 0 aliphatic carbocycles. The lowest BCUT2D eigenvalue weighted by atomic mass is 9.87. The molecule has 1 aliphatic rings. The molecule has 0 saturated heterocycles. The van der Waals surface area contributed by atoms with E-state index < -0.39 is 0 Å². The highest BCUT2D eigenvalue weighted by atomic mass is 16.3. The number of nitrogens with zero attached hydrogens (tertiary/aromatic N) is 1. The van der Waals surface area contributed by atoms with Crippen LogP contribution < -0.4 is 10.6 Å². The molecule has 4 heterocycles. The van der Waals surface area contributed by atoms with Gasteiger partial charge in [-0.25, -0.2) is 0 Å². The maximum atomic E-state index is 6.65. The highest BCUT2D eigenvalue weighted by Crippen LogP contribution is 2.44. The zero-order chi connectivity index (χ0) is 47.9. The van der Waals surface area contributed by atoms with E-state index in [1.807, 2.05) is 0 Å². The van der Waals surface area contributed by atoms with Crippen LogP contribution >= 0.6 is 0 Å². The molecule has 0 bridgehead atoms. The third-order valence-electron chi connectivity index (χ3n) is 15.3. The summed E-state index contributed by atoms with van der Waals surface area (Å²) in [6.07, 6.45) is -0.158. The second kappa shape index (κ2) is 16.9. The Kier molecular flexibility index (Phi) is 9.87. The van der Waals surface area contributed by atoms with Crippen molar-refractivity contribution in [1.29, 1.82) is 0 Å². The van der Waals surface area contributed by atoms with Crippen LogP contribution in [0.2, 0.25) is 0 Å². The molecule has 72 heavy (non-hydrogen) atoms. The summed E-state index contributed by atoms with van der Waals surface area (Å²) >= 11 is 0. The molecule has 1 aliphatic heterocycles. The van der Waals surface area contributed by atoms with Gasteiger partial charge in [0.1, 0.15) is 28.5 Å². The van der Waals surface area contributed by atoms with E-state index in [2.05, 4.69) is 260 Å². The van der Waals surface area contributed by atoms with E-state index in [0.717, 1.165) is 88.4 Å². The number of furan rings is 2. The first-order valence-electron chi connectivity index (χ1n) is 25.0. The highest BCUT2D eigenvalue weighted by molar-refractivity contribution is 6.16. The van der Waals surface area contributed by atoms with Gasteiger partial charge in [0.15, 0.2) is 0 Å². The topological polar surface area (TPSA) is 55.3 Å². The Hall–Kier alpha value is -8.90. The first kappa shape index (κ1) is 42.0. The molecule has 3 atom stereocenters. The number of benzene rings is 10. The number of nitrogens with one attached hydrogen (secondary N) is 2. The van der Waals surface area contributed by atoms with Gasteiger partial charge in [-0.05, 0) is 135 Å². The maximum absolute atomic E-state index is 6.65. The minimum Gasteiger partial charge on any atom is -0.456 e. The quantitative estimate of drug-likeness (QED) is 0.167. The highest BCUT2D eigenvalue weighted by Gasteiger charge is 2.31. The van der Waals surface area contributed by atoms with Gasteiger partial charge in [0.2, 0.25) is 0 Å². The zero-order valence-corrected chi connectivity index (χ0v) is 39.9. The van der Waals surface area contributed by atoms with Crippen LogP contribution in [-0.4, -0.2) is 4.57 Å². The molecule has 0 amide bonds. The predicted molar refractivity (Wildman–Crippen MR) is 298 cm³/mol. The molecule has 0 fully saturated rings. The van der Waals surface area contributed by atoms with E-state index in [1.165, 1.54) is 44.3 Å². The van der Waals surface area contributed by atoms with Gasteiger partial charge in [-0.2, -0.15) is 0 Å². The molecule has 2 N–H and O–H groups in total. The summed E-state index contributed by atoms with van der Waals surface area (Å²) in [5.41, 5.74) is 19.8. The Morgan fingerprint density at radius 1 is 0.403 bits per heavy atom. The molecule has 0 saturated carbocycles. The average Bonchev–Trinajstić information content (AvgIpc) is 4.10. The Bertz CT molecular complexity index is 4260. The lowest BCUT2D eigenvalue weighted by Gasteiger charge is -2.28. The molecule has 0 spiro atoms. The van der Waals surface area contributed by atoms with Gasteiger partial charge in [0.05, 0.1) is 22.1 Å². The van der Waals surface area contributed by atoms with Crippen LogP contribution in [0.25, 0.3) is 110 Å². The number of rotatable bonds is 7. The molecular formula is C67H49N3O2. The van der Waals surface area contributed by atoms with Gasteiger partial charge in [-0.15, -0.1) is 0 Å². The summed E-state index contributed by atoms with van der Waals surface area (Å²) < 4.78 is 15.7. The average molecular weight is 928 g/mol. The summed E-state index contributed by atoms with van der Waals surface area (Å²) in [6.45, 7) is 4.61. The van der Waals surface area contributed by atoms with Crippen molar-refractivity contribution >= 4 is 71.4 Å². The lowest BCUT2D eigenvalue weighted by molar-refractivity contribution is 0.375. The van der Waals surface area contributed by atoms with E-state index >= 15 is 0 Å². The number of aromatic nitrogens is 1. The van der Waals surface area contributed by atoms with E-state index in [1.54, 1.807) is 0 Å². The van der Waals surface area contributed by atoms with Crippen LogP contribution in [0.5, 0.6) is 0 Å². The first-order chi connectivity index (χ1) is 35.5. The van der Waals surface area contributed by atoms with Crippen molar-refractivity contribution < 1.29 is 8.83 Å². The van der Waals surface area contributed by atoms with Crippen LogP contribution in [-0.2, 0) is 0 Å². The molecular weight excluding hydrogens is 879 g/mol. The van der Waals surface area contributed by atoms with Crippen molar-refractivity contribution in [2.75, 3.05) is 0 Å². The monoisotopic (exact) mass is 927 g/mol. The van der Waals surface area contributed by atoms with Crippen LogP contribution in [0, 0.1) is 5.92 Å². The van der Waals surface area contributed by atoms with Gasteiger partial charge in [0, 0.05) is 38.7 Å². The van der Waals surface area contributed by atoms with Crippen LogP contribution in [0.4, 0.5) is 0 Å². The molecule has 5 nitrogen and oxygen atoms in total. The van der Waals surface area contributed by atoms with Crippen molar-refractivity contribution in [2.45, 2.75) is 26.1 Å². The number of para-hydroxylation sites is 1. The van der Waals surface area contributed by atoms with Gasteiger partial charge in [0.25, 0.3) is 0 Å². The summed E-state index contributed by atoms with van der Waals surface area (Å²) in [6, 6.07) is 82.9. The smallest absolute Gasteiger partial charge is 0.137 e. The third kappa shape index (κ3) is 6.88. The number of hydrogen-bond donors (Lipinski definition) is 2. The standard InChI is InChI=1S/C67H49N3O2/c1-41-42(2)66(45-21-10-5-11-22-45)69-67(68-65(41)44-19-8-4-9-20-44)50-24-14-23-49(37-50)51-26-15-29-61-63(51)54-39-47(32-35-59(54)71-61)48-33-36-60-55(40-48)64-58(28-16-30-62(64)72-60)70-56-27-13-12-25-52(56)53-38-46(31-34-57(53)70)43-17-6-3-7-18-43/h3-41,65,67-69H,1-2H3. The van der Waals surface area contributed by atoms with Gasteiger partial charge >= 0.3 is 0 Å². The summed E-state index contributed by atoms with van der Waals surface area (Å²) in [5.74, 6) is 0.243. The number of fused-ring (bicyclic) bond motifs is 9. The molecule has 3 unspecified atom stereocenters. The maximum Gasteiger partial charge on any atom is 0.137 e. The summed E-state index contributed by atoms with van der Waals surface area (Å²) in [4.78, 5) is 0.